The molecule has 0 bridgehead atoms. The van der Waals surface area contributed by atoms with Gasteiger partial charge >= 0.3 is 0 Å². The van der Waals surface area contributed by atoms with E-state index in [-0.39, 0.29) is 6.42 Å². The lowest BCUT2D eigenvalue weighted by atomic mass is 10.0. The molecule has 6 heteroatoms. The van der Waals surface area contributed by atoms with Crippen molar-refractivity contribution in [3.05, 3.63) is 0 Å². The molecule has 0 aromatic heterocycles. The highest BCUT2D eigenvalue weighted by molar-refractivity contribution is 4.95. The highest BCUT2D eigenvalue weighted by Gasteiger charge is 2.41. The zero-order chi connectivity index (χ0) is 10.2. The van der Waals surface area contributed by atoms with Gasteiger partial charge in [0, 0.05) is 6.04 Å². The van der Waals surface area contributed by atoms with Crippen molar-refractivity contribution in [2.75, 3.05) is 0 Å². The number of aliphatic hydroxyl groups is 5. The minimum Gasteiger partial charge on any atom is -0.390 e. The van der Waals surface area contributed by atoms with E-state index >= 15 is 0 Å². The van der Waals surface area contributed by atoms with Gasteiger partial charge < -0.3 is 31.3 Å². The van der Waals surface area contributed by atoms with Crippen molar-refractivity contribution in [2.24, 2.45) is 5.73 Å². The molecular weight excluding hydrogens is 178 g/mol. The normalized spacial score (nSPS) is 53.1. The summed E-state index contributed by atoms with van der Waals surface area (Å²) in [6.45, 7) is 0. The summed E-state index contributed by atoms with van der Waals surface area (Å²) in [6.07, 6.45) is -7.19. The van der Waals surface area contributed by atoms with Crippen LogP contribution in [0.25, 0.3) is 0 Å². The van der Waals surface area contributed by atoms with Gasteiger partial charge in [0.15, 0.2) is 0 Å². The van der Waals surface area contributed by atoms with Crippen LogP contribution in [-0.4, -0.2) is 62.1 Å². The zero-order valence-corrected chi connectivity index (χ0v) is 6.98. The molecule has 6 nitrogen and oxygen atoms in total. The fraction of sp³-hybridized carbons (Fsp3) is 1.00. The molecule has 78 valence electrons. The molecule has 1 fully saturated rings. The molecule has 0 heterocycles. The van der Waals surface area contributed by atoms with E-state index in [1.165, 1.54) is 0 Å². The van der Waals surface area contributed by atoms with Crippen LogP contribution in [0.1, 0.15) is 6.42 Å². The van der Waals surface area contributed by atoms with Crippen LogP contribution < -0.4 is 5.73 Å². The Labute approximate surface area is 75.2 Å². The van der Waals surface area contributed by atoms with E-state index in [1.807, 2.05) is 0 Å². The molecule has 0 aromatic rings. The SMILES string of the molecule is N[C@H]1C[C@@H](O)[C@H](O)[C@H](O)[C@@H](O)[C@@H]1O. The fourth-order valence-corrected chi connectivity index (χ4v) is 1.44. The summed E-state index contributed by atoms with van der Waals surface area (Å²) in [5, 5.41) is 46.1. The molecule has 0 spiro atoms. The molecule has 0 aromatic carbocycles. The maximum Gasteiger partial charge on any atom is 0.111 e. The largest absolute Gasteiger partial charge is 0.390 e. The average molecular weight is 193 g/mol. The van der Waals surface area contributed by atoms with E-state index < -0.39 is 36.6 Å². The topological polar surface area (TPSA) is 127 Å². The maximum absolute atomic E-state index is 9.27. The molecule has 0 saturated heterocycles. The summed E-state index contributed by atoms with van der Waals surface area (Å²) in [5.41, 5.74) is 5.39. The zero-order valence-electron chi connectivity index (χ0n) is 6.98. The van der Waals surface area contributed by atoms with Gasteiger partial charge in [0.1, 0.15) is 18.3 Å². The van der Waals surface area contributed by atoms with Crippen LogP contribution in [-0.2, 0) is 0 Å². The van der Waals surface area contributed by atoms with E-state index in [1.54, 1.807) is 0 Å². The highest BCUT2D eigenvalue weighted by Crippen LogP contribution is 2.19. The molecule has 0 unspecified atom stereocenters. The second-order valence-corrected chi connectivity index (χ2v) is 3.43. The lowest BCUT2D eigenvalue weighted by molar-refractivity contribution is -0.117. The Morgan fingerprint density at radius 1 is 0.769 bits per heavy atom. The van der Waals surface area contributed by atoms with E-state index in [0.717, 1.165) is 0 Å². The van der Waals surface area contributed by atoms with E-state index in [4.69, 9.17) is 5.73 Å². The smallest absolute Gasteiger partial charge is 0.111 e. The van der Waals surface area contributed by atoms with Crippen LogP contribution in [0.2, 0.25) is 0 Å². The monoisotopic (exact) mass is 193 g/mol. The van der Waals surface area contributed by atoms with Crippen molar-refractivity contribution in [2.45, 2.75) is 43.0 Å². The van der Waals surface area contributed by atoms with Gasteiger partial charge in [0.05, 0.1) is 12.2 Å². The Morgan fingerprint density at radius 2 is 1.23 bits per heavy atom. The molecule has 7 N–H and O–H groups in total. The number of nitrogens with two attached hydrogens (primary N) is 1. The van der Waals surface area contributed by atoms with Gasteiger partial charge in [-0.25, -0.2) is 0 Å². The van der Waals surface area contributed by atoms with Crippen LogP contribution >= 0.6 is 0 Å². The first-order valence-corrected chi connectivity index (χ1v) is 4.11. The van der Waals surface area contributed by atoms with Gasteiger partial charge in [-0.3, -0.25) is 0 Å². The maximum atomic E-state index is 9.27. The van der Waals surface area contributed by atoms with Gasteiger partial charge in [0.2, 0.25) is 0 Å². The minimum absolute atomic E-state index is 0.0591. The Morgan fingerprint density at radius 3 is 1.77 bits per heavy atom. The molecule has 0 radical (unpaired) electrons. The van der Waals surface area contributed by atoms with Crippen LogP contribution in [0.5, 0.6) is 0 Å². The average Bonchev–Trinajstić information content (AvgIpc) is 2.15. The van der Waals surface area contributed by atoms with Gasteiger partial charge in [-0.15, -0.1) is 0 Å². The molecule has 1 aliphatic rings. The van der Waals surface area contributed by atoms with Gasteiger partial charge in [-0.2, -0.15) is 0 Å². The van der Waals surface area contributed by atoms with E-state index in [2.05, 4.69) is 0 Å². The third-order valence-electron chi connectivity index (χ3n) is 2.40. The Kier molecular flexibility index (Phi) is 3.23. The number of hydrogen-bond donors (Lipinski definition) is 6. The Bertz CT molecular complexity index is 160. The van der Waals surface area contributed by atoms with Crippen LogP contribution in [0, 0.1) is 0 Å². The van der Waals surface area contributed by atoms with E-state index in [9.17, 15) is 25.5 Å². The van der Waals surface area contributed by atoms with Crippen LogP contribution in [0.4, 0.5) is 0 Å². The second kappa shape index (κ2) is 3.87. The number of hydrogen-bond acceptors (Lipinski definition) is 6. The highest BCUT2D eigenvalue weighted by atomic mass is 16.4. The Balaban J connectivity index is 2.79. The van der Waals surface area contributed by atoms with Gasteiger partial charge in [0.25, 0.3) is 0 Å². The molecule has 1 rings (SSSR count). The summed E-state index contributed by atoms with van der Waals surface area (Å²) in [5.74, 6) is 0. The standard InChI is InChI=1S/C7H15NO5/c8-2-1-3(9)5(11)7(13)6(12)4(2)10/h2-7,9-13H,1,8H2/t2-,3+,4+,5-,6-,7-/m0/s1. The van der Waals surface area contributed by atoms with Crippen LogP contribution in [0.15, 0.2) is 0 Å². The molecular formula is C7H15NO5. The molecule has 13 heavy (non-hydrogen) atoms. The van der Waals surface area contributed by atoms with Gasteiger partial charge in [-0.05, 0) is 6.42 Å². The third kappa shape index (κ3) is 1.98. The van der Waals surface area contributed by atoms with Crippen LogP contribution in [0.3, 0.4) is 0 Å². The Hall–Kier alpha value is -0.240. The quantitative estimate of drug-likeness (QED) is 0.222. The lowest BCUT2D eigenvalue weighted by Crippen LogP contribution is -2.48. The predicted molar refractivity (Wildman–Crippen MR) is 42.6 cm³/mol. The first-order valence-electron chi connectivity index (χ1n) is 4.11. The summed E-state index contributed by atoms with van der Waals surface area (Å²) in [6, 6.07) is -0.850. The molecule has 6 atom stereocenters. The summed E-state index contributed by atoms with van der Waals surface area (Å²) >= 11 is 0. The number of rotatable bonds is 0. The summed E-state index contributed by atoms with van der Waals surface area (Å²) in [7, 11) is 0. The van der Waals surface area contributed by atoms with Crippen molar-refractivity contribution in [3.63, 3.8) is 0 Å². The minimum atomic E-state index is -1.57. The predicted octanol–water partition coefficient (Wildman–Crippen LogP) is -3.48. The molecule has 0 aliphatic heterocycles. The fourth-order valence-electron chi connectivity index (χ4n) is 1.44. The second-order valence-electron chi connectivity index (χ2n) is 3.43. The number of aliphatic hydroxyl groups excluding tert-OH is 5. The van der Waals surface area contributed by atoms with Gasteiger partial charge in [-0.1, -0.05) is 0 Å². The van der Waals surface area contributed by atoms with Crippen molar-refractivity contribution in [1.29, 1.82) is 0 Å². The first kappa shape index (κ1) is 10.8. The molecule has 0 amide bonds. The molecule has 1 saturated carbocycles. The van der Waals surface area contributed by atoms with Crippen molar-refractivity contribution in [1.82, 2.24) is 0 Å². The lowest BCUT2D eigenvalue weighted by Gasteiger charge is -2.24. The third-order valence-corrected chi connectivity index (χ3v) is 2.40. The van der Waals surface area contributed by atoms with Crippen molar-refractivity contribution in [3.8, 4) is 0 Å². The first-order chi connectivity index (χ1) is 5.95. The van der Waals surface area contributed by atoms with Crippen molar-refractivity contribution >= 4 is 0 Å². The summed E-state index contributed by atoms with van der Waals surface area (Å²) < 4.78 is 0. The summed E-state index contributed by atoms with van der Waals surface area (Å²) in [4.78, 5) is 0. The van der Waals surface area contributed by atoms with E-state index in [0.29, 0.717) is 0 Å². The molecule has 1 aliphatic carbocycles. The van der Waals surface area contributed by atoms with Crippen molar-refractivity contribution < 1.29 is 25.5 Å².